The summed E-state index contributed by atoms with van der Waals surface area (Å²) in [5.41, 5.74) is 0.892. The highest BCUT2D eigenvalue weighted by atomic mass is 16.5. The van der Waals surface area contributed by atoms with Crippen molar-refractivity contribution in [1.82, 2.24) is 4.98 Å². The lowest BCUT2D eigenvalue weighted by Crippen LogP contribution is -2.44. The van der Waals surface area contributed by atoms with E-state index in [9.17, 15) is 0 Å². The summed E-state index contributed by atoms with van der Waals surface area (Å²) in [6, 6.07) is 4.23. The largest absolute Gasteiger partial charge is 0.464 e. The fourth-order valence-electron chi connectivity index (χ4n) is 2.15. The van der Waals surface area contributed by atoms with Gasteiger partial charge in [-0.15, -0.1) is 0 Å². The summed E-state index contributed by atoms with van der Waals surface area (Å²) in [6.45, 7) is 4.56. The van der Waals surface area contributed by atoms with Crippen molar-refractivity contribution in [3.63, 3.8) is 0 Å². The van der Waals surface area contributed by atoms with Gasteiger partial charge in [-0.05, 0) is 19.1 Å². The van der Waals surface area contributed by atoms with Crippen LogP contribution in [0.15, 0.2) is 29.0 Å². The lowest BCUT2D eigenvalue weighted by atomic mass is 10.2. The van der Waals surface area contributed by atoms with Crippen molar-refractivity contribution >= 4 is 16.8 Å². The van der Waals surface area contributed by atoms with E-state index in [4.69, 9.17) is 9.15 Å². The van der Waals surface area contributed by atoms with Crippen LogP contribution in [0.3, 0.4) is 0 Å². The quantitative estimate of drug-likeness (QED) is 0.734. The van der Waals surface area contributed by atoms with Crippen LogP contribution < -0.4 is 4.90 Å². The van der Waals surface area contributed by atoms with Gasteiger partial charge in [-0.3, -0.25) is 0 Å². The van der Waals surface area contributed by atoms with Crippen molar-refractivity contribution in [2.45, 2.75) is 13.0 Å². The third-order valence-corrected chi connectivity index (χ3v) is 3.00. The first-order valence-electron chi connectivity index (χ1n) is 5.53. The van der Waals surface area contributed by atoms with Crippen molar-refractivity contribution in [2.75, 3.05) is 24.7 Å². The summed E-state index contributed by atoms with van der Waals surface area (Å²) in [6.07, 6.45) is 3.50. The van der Waals surface area contributed by atoms with Crippen molar-refractivity contribution < 1.29 is 9.15 Å². The second-order valence-corrected chi connectivity index (χ2v) is 4.08. The topological polar surface area (TPSA) is 38.5 Å². The van der Waals surface area contributed by atoms with Crippen LogP contribution in [0, 0.1) is 0 Å². The van der Waals surface area contributed by atoms with E-state index in [0.29, 0.717) is 6.04 Å². The smallest absolute Gasteiger partial charge is 0.140 e. The van der Waals surface area contributed by atoms with Gasteiger partial charge in [0.05, 0.1) is 30.9 Å². The molecule has 2 aromatic heterocycles. The van der Waals surface area contributed by atoms with E-state index in [1.807, 2.05) is 12.1 Å². The molecule has 0 N–H and O–H groups in total. The number of hydrogen-bond acceptors (Lipinski definition) is 4. The molecule has 0 unspecified atom stereocenters. The maximum atomic E-state index is 5.43. The number of rotatable bonds is 1. The minimum atomic E-state index is 0.363. The van der Waals surface area contributed by atoms with Crippen LogP contribution in [0.4, 0.5) is 5.82 Å². The molecule has 16 heavy (non-hydrogen) atoms. The molecule has 0 amide bonds. The third-order valence-electron chi connectivity index (χ3n) is 3.00. The van der Waals surface area contributed by atoms with Gasteiger partial charge in [0.1, 0.15) is 11.4 Å². The second-order valence-electron chi connectivity index (χ2n) is 4.08. The zero-order valence-corrected chi connectivity index (χ0v) is 9.22. The van der Waals surface area contributed by atoms with Gasteiger partial charge >= 0.3 is 0 Å². The molecule has 0 bridgehead atoms. The first kappa shape index (κ1) is 9.66. The Labute approximate surface area is 93.8 Å². The van der Waals surface area contributed by atoms with Crippen LogP contribution in [-0.2, 0) is 4.74 Å². The summed E-state index contributed by atoms with van der Waals surface area (Å²) in [5.74, 6) is 1.00. The van der Waals surface area contributed by atoms with Gasteiger partial charge in [-0.25, -0.2) is 4.98 Å². The molecule has 0 radical (unpaired) electrons. The molecule has 1 fully saturated rings. The number of nitrogens with zero attached hydrogens (tertiary/aromatic N) is 2. The fraction of sp³-hybridized carbons (Fsp3) is 0.417. The molecule has 0 aliphatic carbocycles. The SMILES string of the molecule is C[C@H]1COCCN1c1nccc2occc12. The van der Waals surface area contributed by atoms with E-state index in [-0.39, 0.29) is 0 Å². The highest BCUT2D eigenvalue weighted by Crippen LogP contribution is 2.27. The van der Waals surface area contributed by atoms with Gasteiger partial charge in [-0.1, -0.05) is 0 Å². The van der Waals surface area contributed by atoms with E-state index < -0.39 is 0 Å². The molecule has 0 saturated carbocycles. The van der Waals surface area contributed by atoms with Gasteiger partial charge < -0.3 is 14.1 Å². The zero-order valence-electron chi connectivity index (χ0n) is 9.22. The molecule has 84 valence electrons. The van der Waals surface area contributed by atoms with Gasteiger partial charge in [0.25, 0.3) is 0 Å². The van der Waals surface area contributed by atoms with Crippen molar-refractivity contribution in [3.8, 4) is 0 Å². The first-order chi connectivity index (χ1) is 7.86. The Morgan fingerprint density at radius 2 is 2.38 bits per heavy atom. The number of anilines is 1. The number of furan rings is 1. The monoisotopic (exact) mass is 218 g/mol. The molecular formula is C12H14N2O2. The minimum Gasteiger partial charge on any atom is -0.464 e. The van der Waals surface area contributed by atoms with E-state index >= 15 is 0 Å². The van der Waals surface area contributed by atoms with Gasteiger partial charge in [0.2, 0.25) is 0 Å². The highest BCUT2D eigenvalue weighted by Gasteiger charge is 2.22. The fourth-order valence-corrected chi connectivity index (χ4v) is 2.15. The number of morpholine rings is 1. The Morgan fingerprint density at radius 3 is 3.25 bits per heavy atom. The highest BCUT2D eigenvalue weighted by molar-refractivity contribution is 5.88. The molecule has 1 saturated heterocycles. The van der Waals surface area contributed by atoms with Crippen LogP contribution in [0.2, 0.25) is 0 Å². The lowest BCUT2D eigenvalue weighted by Gasteiger charge is -2.34. The molecule has 3 heterocycles. The molecule has 0 spiro atoms. The van der Waals surface area contributed by atoms with Crippen LogP contribution in [0.1, 0.15) is 6.92 Å². The summed E-state index contributed by atoms with van der Waals surface area (Å²) >= 11 is 0. The normalized spacial score (nSPS) is 21.6. The van der Waals surface area contributed by atoms with E-state index in [1.165, 1.54) is 0 Å². The third kappa shape index (κ3) is 1.46. The van der Waals surface area contributed by atoms with Gasteiger partial charge in [-0.2, -0.15) is 0 Å². The first-order valence-corrected chi connectivity index (χ1v) is 5.53. The van der Waals surface area contributed by atoms with Crippen LogP contribution in [-0.4, -0.2) is 30.8 Å². The Balaban J connectivity index is 2.07. The van der Waals surface area contributed by atoms with Crippen LogP contribution in [0.25, 0.3) is 11.0 Å². The van der Waals surface area contributed by atoms with Crippen molar-refractivity contribution in [3.05, 3.63) is 24.6 Å². The number of pyridine rings is 1. The molecule has 1 atom stereocenters. The predicted molar refractivity (Wildman–Crippen MR) is 61.6 cm³/mol. The maximum absolute atomic E-state index is 5.43. The van der Waals surface area contributed by atoms with Gasteiger partial charge in [0, 0.05) is 12.7 Å². The zero-order chi connectivity index (χ0) is 11.0. The van der Waals surface area contributed by atoms with Crippen LogP contribution in [0.5, 0.6) is 0 Å². The average molecular weight is 218 g/mol. The summed E-state index contributed by atoms with van der Waals surface area (Å²) in [7, 11) is 0. The maximum Gasteiger partial charge on any atom is 0.140 e. The molecule has 0 aromatic carbocycles. The molecule has 1 aliphatic rings. The van der Waals surface area contributed by atoms with Crippen molar-refractivity contribution in [1.29, 1.82) is 0 Å². The summed E-state index contributed by atoms with van der Waals surface area (Å²) in [4.78, 5) is 6.74. The Morgan fingerprint density at radius 1 is 1.44 bits per heavy atom. The summed E-state index contributed by atoms with van der Waals surface area (Å²) in [5, 5.41) is 1.08. The molecule has 3 rings (SSSR count). The van der Waals surface area contributed by atoms with E-state index in [2.05, 4.69) is 16.8 Å². The average Bonchev–Trinajstić information content (AvgIpc) is 2.77. The molecule has 1 aliphatic heterocycles. The van der Waals surface area contributed by atoms with Crippen molar-refractivity contribution in [2.24, 2.45) is 0 Å². The van der Waals surface area contributed by atoms with E-state index in [1.54, 1.807) is 12.5 Å². The molecule has 4 heteroatoms. The number of ether oxygens (including phenoxy) is 1. The minimum absolute atomic E-state index is 0.363. The lowest BCUT2D eigenvalue weighted by molar-refractivity contribution is 0.0987. The molecule has 4 nitrogen and oxygen atoms in total. The number of aromatic nitrogens is 1. The Kier molecular flexibility index (Phi) is 2.29. The molecule has 2 aromatic rings. The number of fused-ring (bicyclic) bond motifs is 1. The Hall–Kier alpha value is -1.55. The van der Waals surface area contributed by atoms with Crippen LogP contribution >= 0.6 is 0 Å². The second kappa shape index (κ2) is 3.79. The van der Waals surface area contributed by atoms with E-state index in [0.717, 1.165) is 36.5 Å². The number of hydrogen-bond donors (Lipinski definition) is 0. The predicted octanol–water partition coefficient (Wildman–Crippen LogP) is 2.05. The molecular weight excluding hydrogens is 204 g/mol. The van der Waals surface area contributed by atoms with Gasteiger partial charge in [0.15, 0.2) is 0 Å². The Bertz CT molecular complexity index is 494. The summed E-state index contributed by atoms with van der Waals surface area (Å²) < 4.78 is 10.8. The standard InChI is InChI=1S/C12H14N2O2/c1-9-8-15-7-5-14(9)12-10-3-6-16-11(10)2-4-13-12/h2-4,6,9H,5,7-8H2,1H3/t9-/m0/s1.